The van der Waals surface area contributed by atoms with Gasteiger partial charge >= 0.3 is 0 Å². The lowest BCUT2D eigenvalue weighted by Gasteiger charge is -2.00. The van der Waals surface area contributed by atoms with Crippen LogP contribution in [-0.2, 0) is 0 Å². The predicted molar refractivity (Wildman–Crippen MR) is 52.4 cm³/mol. The van der Waals surface area contributed by atoms with Crippen LogP contribution in [0.5, 0.6) is 0 Å². The number of halogens is 1. The summed E-state index contributed by atoms with van der Waals surface area (Å²) >= 11 is 3.12. The molecular formula is C8H11BrN2O2. The minimum Gasteiger partial charge on any atom is -0.444 e. The molecule has 0 aliphatic rings. The molecule has 0 radical (unpaired) electrons. The fraction of sp³-hybridized carbons (Fsp3) is 0.375. The van der Waals surface area contributed by atoms with Gasteiger partial charge in [0.15, 0.2) is 10.4 Å². The summed E-state index contributed by atoms with van der Waals surface area (Å²) in [4.78, 5) is 11.3. The van der Waals surface area contributed by atoms with E-state index in [4.69, 9.17) is 10.2 Å². The highest BCUT2D eigenvalue weighted by molar-refractivity contribution is 9.10. The second-order valence-corrected chi connectivity index (χ2v) is 3.28. The molecule has 0 aliphatic heterocycles. The molecule has 0 spiro atoms. The van der Waals surface area contributed by atoms with Crippen molar-refractivity contribution in [2.75, 3.05) is 13.1 Å². The summed E-state index contributed by atoms with van der Waals surface area (Å²) in [6, 6.07) is 3.29. The molecular weight excluding hydrogens is 236 g/mol. The van der Waals surface area contributed by atoms with Crippen LogP contribution in [0.2, 0.25) is 0 Å². The number of amides is 1. The highest BCUT2D eigenvalue weighted by Gasteiger charge is 2.08. The van der Waals surface area contributed by atoms with Crippen LogP contribution in [0.1, 0.15) is 17.0 Å². The Kier molecular flexibility index (Phi) is 3.98. The standard InChI is InChI=1S/C8H11BrN2O2/c9-7-3-2-6(13-7)8(12)11-5-1-4-10/h2-3H,1,4-5,10H2,(H,11,12). The summed E-state index contributed by atoms with van der Waals surface area (Å²) in [7, 11) is 0. The second kappa shape index (κ2) is 5.04. The Balaban J connectivity index is 2.40. The van der Waals surface area contributed by atoms with Crippen molar-refractivity contribution in [3.63, 3.8) is 0 Å². The zero-order valence-corrected chi connectivity index (χ0v) is 8.63. The van der Waals surface area contributed by atoms with E-state index in [-0.39, 0.29) is 5.91 Å². The Hall–Kier alpha value is -0.810. The Labute approximate surface area is 84.6 Å². The maximum absolute atomic E-state index is 11.3. The summed E-state index contributed by atoms with van der Waals surface area (Å²) in [5, 5.41) is 2.68. The number of hydrogen-bond acceptors (Lipinski definition) is 3. The first-order chi connectivity index (χ1) is 6.24. The molecule has 13 heavy (non-hydrogen) atoms. The van der Waals surface area contributed by atoms with Crippen molar-refractivity contribution in [1.82, 2.24) is 5.32 Å². The van der Waals surface area contributed by atoms with Gasteiger partial charge in [-0.05, 0) is 41.0 Å². The minimum absolute atomic E-state index is 0.209. The van der Waals surface area contributed by atoms with Gasteiger partial charge in [0.1, 0.15) is 0 Å². The van der Waals surface area contributed by atoms with E-state index in [1.807, 2.05) is 0 Å². The molecule has 3 N–H and O–H groups in total. The van der Waals surface area contributed by atoms with E-state index < -0.39 is 0 Å². The van der Waals surface area contributed by atoms with Crippen molar-refractivity contribution in [3.05, 3.63) is 22.6 Å². The molecule has 0 aromatic carbocycles. The first kappa shape index (κ1) is 10.3. The van der Waals surface area contributed by atoms with Crippen molar-refractivity contribution in [3.8, 4) is 0 Å². The molecule has 0 unspecified atom stereocenters. The largest absolute Gasteiger partial charge is 0.444 e. The molecule has 4 nitrogen and oxygen atoms in total. The lowest BCUT2D eigenvalue weighted by Crippen LogP contribution is -2.25. The van der Waals surface area contributed by atoms with E-state index in [1.165, 1.54) is 0 Å². The van der Waals surface area contributed by atoms with Crippen LogP contribution in [0.4, 0.5) is 0 Å². The van der Waals surface area contributed by atoms with Crippen LogP contribution in [0.25, 0.3) is 0 Å². The first-order valence-corrected chi connectivity index (χ1v) is 4.77. The van der Waals surface area contributed by atoms with Gasteiger partial charge in [0, 0.05) is 6.54 Å². The summed E-state index contributed by atoms with van der Waals surface area (Å²) in [6.45, 7) is 1.15. The molecule has 1 heterocycles. The fourth-order valence-corrected chi connectivity index (χ4v) is 1.13. The van der Waals surface area contributed by atoms with Crippen molar-refractivity contribution < 1.29 is 9.21 Å². The van der Waals surface area contributed by atoms with Crippen molar-refractivity contribution in [2.45, 2.75) is 6.42 Å². The maximum atomic E-state index is 11.3. The Morgan fingerprint density at radius 1 is 1.62 bits per heavy atom. The lowest BCUT2D eigenvalue weighted by molar-refractivity contribution is 0.0924. The molecule has 1 amide bonds. The van der Waals surface area contributed by atoms with Crippen LogP contribution in [0.3, 0.4) is 0 Å². The number of rotatable bonds is 4. The maximum Gasteiger partial charge on any atom is 0.287 e. The third-order valence-electron chi connectivity index (χ3n) is 1.46. The van der Waals surface area contributed by atoms with Gasteiger partial charge in [-0.2, -0.15) is 0 Å². The van der Waals surface area contributed by atoms with Gasteiger partial charge in [-0.25, -0.2) is 0 Å². The average Bonchev–Trinajstić information content (AvgIpc) is 2.52. The SMILES string of the molecule is NCCCNC(=O)c1ccc(Br)o1. The Morgan fingerprint density at radius 2 is 2.38 bits per heavy atom. The third-order valence-corrected chi connectivity index (χ3v) is 1.89. The monoisotopic (exact) mass is 246 g/mol. The Morgan fingerprint density at radius 3 is 2.92 bits per heavy atom. The number of carbonyl (C=O) groups is 1. The molecule has 0 atom stereocenters. The van der Waals surface area contributed by atoms with Gasteiger partial charge < -0.3 is 15.5 Å². The van der Waals surface area contributed by atoms with E-state index in [0.717, 1.165) is 6.42 Å². The molecule has 1 aromatic rings. The summed E-state index contributed by atoms with van der Waals surface area (Å²) in [5.74, 6) is 0.100. The van der Waals surface area contributed by atoms with Gasteiger partial charge in [0.2, 0.25) is 0 Å². The van der Waals surface area contributed by atoms with Crippen LogP contribution in [0.15, 0.2) is 21.2 Å². The topological polar surface area (TPSA) is 68.3 Å². The molecule has 1 rings (SSSR count). The van der Waals surface area contributed by atoms with Crippen LogP contribution >= 0.6 is 15.9 Å². The van der Waals surface area contributed by atoms with E-state index >= 15 is 0 Å². The van der Waals surface area contributed by atoms with Crippen molar-refractivity contribution in [2.24, 2.45) is 5.73 Å². The van der Waals surface area contributed by atoms with E-state index in [9.17, 15) is 4.79 Å². The smallest absolute Gasteiger partial charge is 0.287 e. The average molecular weight is 247 g/mol. The van der Waals surface area contributed by atoms with Gasteiger partial charge in [-0.3, -0.25) is 4.79 Å². The molecule has 5 heteroatoms. The molecule has 0 saturated carbocycles. The number of nitrogens with two attached hydrogens (primary N) is 1. The van der Waals surface area contributed by atoms with Gasteiger partial charge in [-0.1, -0.05) is 0 Å². The lowest BCUT2D eigenvalue weighted by atomic mass is 10.4. The summed E-state index contributed by atoms with van der Waals surface area (Å²) in [5.41, 5.74) is 5.28. The van der Waals surface area contributed by atoms with Crippen molar-refractivity contribution >= 4 is 21.8 Å². The van der Waals surface area contributed by atoms with Gasteiger partial charge in [0.05, 0.1) is 0 Å². The fourth-order valence-electron chi connectivity index (χ4n) is 0.827. The normalized spacial score (nSPS) is 10.0. The Bertz CT molecular complexity index is 285. The summed E-state index contributed by atoms with van der Waals surface area (Å²) < 4.78 is 5.60. The van der Waals surface area contributed by atoms with Crippen molar-refractivity contribution in [1.29, 1.82) is 0 Å². The quantitative estimate of drug-likeness (QED) is 0.783. The highest BCUT2D eigenvalue weighted by Crippen LogP contribution is 2.13. The zero-order valence-electron chi connectivity index (χ0n) is 7.05. The number of hydrogen-bond donors (Lipinski definition) is 2. The number of nitrogens with one attached hydrogen (secondary N) is 1. The van der Waals surface area contributed by atoms with Gasteiger partial charge in [-0.15, -0.1) is 0 Å². The minimum atomic E-state index is -0.209. The van der Waals surface area contributed by atoms with Gasteiger partial charge in [0.25, 0.3) is 5.91 Å². The molecule has 0 saturated heterocycles. The second-order valence-electron chi connectivity index (χ2n) is 2.50. The van der Waals surface area contributed by atoms with E-state index in [2.05, 4.69) is 21.2 Å². The molecule has 0 aliphatic carbocycles. The number of furan rings is 1. The molecule has 72 valence electrons. The van der Waals surface area contributed by atoms with Crippen LogP contribution < -0.4 is 11.1 Å². The predicted octanol–water partition coefficient (Wildman–Crippen LogP) is 1.12. The van der Waals surface area contributed by atoms with E-state index in [1.54, 1.807) is 12.1 Å². The van der Waals surface area contributed by atoms with E-state index in [0.29, 0.717) is 23.5 Å². The molecule has 0 bridgehead atoms. The first-order valence-electron chi connectivity index (χ1n) is 3.97. The zero-order chi connectivity index (χ0) is 9.68. The third kappa shape index (κ3) is 3.20. The highest BCUT2D eigenvalue weighted by atomic mass is 79.9. The van der Waals surface area contributed by atoms with Crippen LogP contribution in [-0.4, -0.2) is 19.0 Å². The molecule has 1 aromatic heterocycles. The van der Waals surface area contributed by atoms with Crippen LogP contribution in [0, 0.1) is 0 Å². The number of carbonyl (C=O) groups excluding carboxylic acids is 1. The molecule has 0 fully saturated rings. The summed E-state index contributed by atoms with van der Waals surface area (Å²) in [6.07, 6.45) is 0.771.